The first-order chi connectivity index (χ1) is 15.4. The van der Waals surface area contributed by atoms with Crippen molar-refractivity contribution in [3.8, 4) is 5.75 Å². The third-order valence-corrected chi connectivity index (χ3v) is 4.61. The largest absolute Gasteiger partial charge is 0.504 e. The van der Waals surface area contributed by atoms with E-state index in [0.717, 1.165) is 6.07 Å². The molecule has 3 N–H and O–H groups in total. The van der Waals surface area contributed by atoms with Gasteiger partial charge in [-0.3, -0.25) is 14.3 Å². The SMILES string of the molecule is Cc1cc(Cl)c(O)c(Cl)n1.Cn1cc(C(=O)NCc2ccccc2C(F)(F)F)c(NC=O)n1. The Bertz CT molecular complexity index is 1130. The molecule has 2 heterocycles. The van der Waals surface area contributed by atoms with Gasteiger partial charge in [-0.05, 0) is 24.6 Å². The lowest BCUT2D eigenvalue weighted by Gasteiger charge is -2.13. The maximum atomic E-state index is 12.9. The van der Waals surface area contributed by atoms with Crippen LogP contribution in [0.3, 0.4) is 0 Å². The van der Waals surface area contributed by atoms with Gasteiger partial charge in [-0.1, -0.05) is 41.4 Å². The summed E-state index contributed by atoms with van der Waals surface area (Å²) in [5.41, 5.74) is -0.114. The minimum absolute atomic E-state index is 0.0316. The highest BCUT2D eigenvalue weighted by molar-refractivity contribution is 6.36. The number of amides is 2. The number of aryl methyl sites for hydroxylation is 2. The van der Waals surface area contributed by atoms with E-state index in [0.29, 0.717) is 12.1 Å². The highest BCUT2D eigenvalue weighted by atomic mass is 35.5. The second kappa shape index (κ2) is 11.0. The number of hydrogen-bond acceptors (Lipinski definition) is 5. The van der Waals surface area contributed by atoms with Gasteiger partial charge < -0.3 is 15.7 Å². The molecule has 0 atom stereocenters. The number of alkyl halides is 3. The Morgan fingerprint density at radius 2 is 1.94 bits per heavy atom. The van der Waals surface area contributed by atoms with Crippen molar-refractivity contribution in [2.24, 2.45) is 7.05 Å². The fraction of sp³-hybridized carbons (Fsp3) is 0.200. The molecule has 0 saturated carbocycles. The summed E-state index contributed by atoms with van der Waals surface area (Å²) in [5.74, 6) is -0.766. The summed E-state index contributed by atoms with van der Waals surface area (Å²) >= 11 is 11.0. The number of benzene rings is 1. The Hall–Kier alpha value is -3.31. The minimum atomic E-state index is -4.50. The smallest absolute Gasteiger partial charge is 0.416 e. The molecular formula is C20H18Cl2F3N5O3. The number of anilines is 1. The Morgan fingerprint density at radius 3 is 2.55 bits per heavy atom. The minimum Gasteiger partial charge on any atom is -0.504 e. The van der Waals surface area contributed by atoms with Crippen molar-refractivity contribution in [1.29, 1.82) is 0 Å². The molecule has 0 spiro atoms. The molecule has 0 fully saturated rings. The van der Waals surface area contributed by atoms with Crippen LogP contribution < -0.4 is 10.6 Å². The molecule has 13 heteroatoms. The lowest BCUT2D eigenvalue weighted by molar-refractivity contribution is -0.138. The second-order valence-corrected chi connectivity index (χ2v) is 7.31. The third kappa shape index (κ3) is 7.09. The molecule has 33 heavy (non-hydrogen) atoms. The Morgan fingerprint density at radius 1 is 1.27 bits per heavy atom. The van der Waals surface area contributed by atoms with Crippen LogP contribution in [0, 0.1) is 6.92 Å². The topological polar surface area (TPSA) is 109 Å². The van der Waals surface area contributed by atoms with Crippen LogP contribution in [0.1, 0.15) is 27.2 Å². The Labute approximate surface area is 196 Å². The van der Waals surface area contributed by atoms with Gasteiger partial charge in [0.2, 0.25) is 6.41 Å². The summed E-state index contributed by atoms with van der Waals surface area (Å²) in [6.45, 7) is 1.45. The molecule has 176 valence electrons. The lowest BCUT2D eigenvalue weighted by Crippen LogP contribution is -2.25. The lowest BCUT2D eigenvalue weighted by atomic mass is 10.1. The van der Waals surface area contributed by atoms with Gasteiger partial charge in [0, 0.05) is 25.5 Å². The van der Waals surface area contributed by atoms with Crippen molar-refractivity contribution in [1.82, 2.24) is 20.1 Å². The number of halogens is 5. The van der Waals surface area contributed by atoms with Crippen LogP contribution >= 0.6 is 23.2 Å². The van der Waals surface area contributed by atoms with Crippen LogP contribution in [0.2, 0.25) is 10.2 Å². The molecule has 3 rings (SSSR count). The number of pyridine rings is 1. The highest BCUT2D eigenvalue weighted by Crippen LogP contribution is 2.32. The van der Waals surface area contributed by atoms with E-state index in [1.54, 1.807) is 20.0 Å². The van der Waals surface area contributed by atoms with Crippen LogP contribution in [0.15, 0.2) is 36.5 Å². The van der Waals surface area contributed by atoms with E-state index in [1.165, 1.54) is 29.1 Å². The van der Waals surface area contributed by atoms with Gasteiger partial charge in [-0.25, -0.2) is 4.98 Å². The zero-order valence-electron chi connectivity index (χ0n) is 17.2. The van der Waals surface area contributed by atoms with Crippen LogP contribution in [0.25, 0.3) is 0 Å². The van der Waals surface area contributed by atoms with E-state index in [9.17, 15) is 22.8 Å². The molecule has 8 nitrogen and oxygen atoms in total. The Balaban J connectivity index is 0.000000321. The van der Waals surface area contributed by atoms with Crippen molar-refractivity contribution in [3.63, 3.8) is 0 Å². The van der Waals surface area contributed by atoms with Crippen LogP contribution in [-0.2, 0) is 24.6 Å². The number of aromatic hydroxyl groups is 1. The van der Waals surface area contributed by atoms with Crippen molar-refractivity contribution < 1.29 is 27.9 Å². The summed E-state index contributed by atoms with van der Waals surface area (Å²) in [4.78, 5) is 26.3. The molecule has 3 aromatic rings. The van der Waals surface area contributed by atoms with Crippen LogP contribution in [-0.4, -0.2) is 32.2 Å². The monoisotopic (exact) mass is 503 g/mol. The Kier molecular flexibility index (Phi) is 8.66. The summed E-state index contributed by atoms with van der Waals surface area (Å²) in [6.07, 6.45) is -2.78. The van der Waals surface area contributed by atoms with Gasteiger partial charge in [-0.15, -0.1) is 0 Å². The maximum absolute atomic E-state index is 12.9. The zero-order valence-corrected chi connectivity index (χ0v) is 18.8. The molecule has 0 aliphatic carbocycles. The van der Waals surface area contributed by atoms with E-state index in [1.807, 2.05) is 0 Å². The average Bonchev–Trinajstić information content (AvgIpc) is 3.11. The number of carbonyl (C=O) groups excluding carboxylic acids is 2. The normalized spacial score (nSPS) is 10.8. The van der Waals surface area contributed by atoms with Crippen molar-refractivity contribution in [2.45, 2.75) is 19.6 Å². The number of nitrogens with one attached hydrogen (secondary N) is 2. The molecule has 2 amide bonds. The van der Waals surface area contributed by atoms with Crippen LogP contribution in [0.4, 0.5) is 19.0 Å². The summed E-state index contributed by atoms with van der Waals surface area (Å²) in [6, 6.07) is 6.52. The summed E-state index contributed by atoms with van der Waals surface area (Å²) in [7, 11) is 1.55. The van der Waals surface area contributed by atoms with E-state index in [-0.39, 0.29) is 39.4 Å². The number of carbonyl (C=O) groups is 2. The summed E-state index contributed by atoms with van der Waals surface area (Å²) < 4.78 is 40.0. The number of nitrogens with zero attached hydrogens (tertiary/aromatic N) is 3. The van der Waals surface area contributed by atoms with Gasteiger partial charge >= 0.3 is 6.18 Å². The maximum Gasteiger partial charge on any atom is 0.416 e. The number of hydrogen-bond donors (Lipinski definition) is 3. The number of rotatable bonds is 5. The first-order valence-corrected chi connectivity index (χ1v) is 9.88. The van der Waals surface area contributed by atoms with Gasteiger partial charge in [0.05, 0.1) is 10.6 Å². The zero-order chi connectivity index (χ0) is 24.8. The average molecular weight is 504 g/mol. The van der Waals surface area contributed by atoms with Crippen molar-refractivity contribution in [2.75, 3.05) is 5.32 Å². The third-order valence-electron chi connectivity index (χ3n) is 4.06. The molecule has 1 aromatic carbocycles. The predicted octanol–water partition coefficient (Wildman–Crippen LogP) is 4.34. The molecule has 0 unspecified atom stereocenters. The second-order valence-electron chi connectivity index (χ2n) is 6.55. The van der Waals surface area contributed by atoms with Gasteiger partial charge in [0.25, 0.3) is 5.91 Å². The van der Waals surface area contributed by atoms with E-state index in [2.05, 4.69) is 20.7 Å². The molecule has 0 saturated heterocycles. The molecule has 0 aliphatic rings. The quantitative estimate of drug-likeness (QED) is 0.354. The molecular weight excluding hydrogens is 486 g/mol. The summed E-state index contributed by atoms with van der Waals surface area (Å²) in [5, 5.41) is 17.8. The number of aromatic nitrogens is 3. The van der Waals surface area contributed by atoms with Gasteiger partial charge in [-0.2, -0.15) is 18.3 Å². The van der Waals surface area contributed by atoms with Crippen molar-refractivity contribution in [3.05, 3.63) is 69.1 Å². The van der Waals surface area contributed by atoms with Gasteiger partial charge in [0.1, 0.15) is 5.56 Å². The van der Waals surface area contributed by atoms with Crippen LogP contribution in [0.5, 0.6) is 5.75 Å². The molecule has 0 aliphatic heterocycles. The highest BCUT2D eigenvalue weighted by Gasteiger charge is 2.32. The fourth-order valence-corrected chi connectivity index (χ4v) is 3.16. The fourth-order valence-electron chi connectivity index (χ4n) is 2.63. The van der Waals surface area contributed by atoms with Crippen molar-refractivity contribution >= 4 is 41.3 Å². The predicted molar refractivity (Wildman–Crippen MR) is 116 cm³/mol. The van der Waals surface area contributed by atoms with Gasteiger partial charge in [0.15, 0.2) is 16.7 Å². The van der Waals surface area contributed by atoms with E-state index in [4.69, 9.17) is 28.3 Å². The molecule has 0 radical (unpaired) electrons. The van der Waals surface area contributed by atoms with E-state index >= 15 is 0 Å². The first-order valence-electron chi connectivity index (χ1n) is 9.12. The molecule has 2 aromatic heterocycles. The molecule has 0 bridgehead atoms. The first kappa shape index (κ1) is 25.9. The van der Waals surface area contributed by atoms with E-state index < -0.39 is 17.6 Å². The standard InChI is InChI=1S/C14H13F3N4O2.C6H5Cl2NO/c1-21-7-10(12(20-21)19-8-22)13(23)18-6-9-4-2-3-5-11(9)14(15,16)17;1-3-2-4(7)5(10)6(8)9-3/h2-5,7-8H,6H2,1H3,(H,18,23)(H,19,20,22);2,10H,1H3.